The van der Waals surface area contributed by atoms with Gasteiger partial charge < -0.3 is 15.1 Å². The summed E-state index contributed by atoms with van der Waals surface area (Å²) < 4.78 is 5.17. The summed E-state index contributed by atoms with van der Waals surface area (Å²) in [6.07, 6.45) is 5.60. The summed E-state index contributed by atoms with van der Waals surface area (Å²) in [6.45, 7) is 4.31. The molecule has 0 radical (unpaired) electrons. The van der Waals surface area contributed by atoms with Crippen molar-refractivity contribution in [2.45, 2.75) is 39.2 Å². The highest BCUT2D eigenvalue weighted by atomic mass is 16.3. The fourth-order valence-corrected chi connectivity index (χ4v) is 1.52. The smallest absolute Gasteiger partial charge is 0.221 e. The van der Waals surface area contributed by atoms with Crippen molar-refractivity contribution in [1.29, 1.82) is 0 Å². The molecule has 0 aliphatic heterocycles. The van der Waals surface area contributed by atoms with Crippen molar-refractivity contribution in [3.8, 4) is 0 Å². The molecule has 1 amide bonds. The van der Waals surface area contributed by atoms with E-state index in [-0.39, 0.29) is 5.91 Å². The second-order valence-corrected chi connectivity index (χ2v) is 4.06. The van der Waals surface area contributed by atoms with Crippen LogP contribution in [0.4, 0.5) is 0 Å². The second-order valence-electron chi connectivity index (χ2n) is 4.06. The van der Waals surface area contributed by atoms with Crippen LogP contribution in [0, 0.1) is 0 Å². The zero-order valence-electron chi connectivity index (χ0n) is 10.5. The van der Waals surface area contributed by atoms with Gasteiger partial charge in [0, 0.05) is 19.5 Å². The van der Waals surface area contributed by atoms with Gasteiger partial charge >= 0.3 is 0 Å². The number of unbranched alkanes of at least 4 members (excludes halogenated alkanes) is 2. The fraction of sp³-hybridized carbons (Fsp3) is 0.615. The average Bonchev–Trinajstić information content (AvgIpc) is 2.83. The minimum Gasteiger partial charge on any atom is -0.468 e. The molecule has 2 N–H and O–H groups in total. The lowest BCUT2D eigenvalue weighted by Gasteiger charge is -2.05. The Labute approximate surface area is 103 Å². The van der Waals surface area contributed by atoms with Crippen LogP contribution in [0.2, 0.25) is 0 Å². The van der Waals surface area contributed by atoms with Gasteiger partial charge in [0.15, 0.2) is 0 Å². The zero-order valence-corrected chi connectivity index (χ0v) is 10.5. The van der Waals surface area contributed by atoms with Gasteiger partial charge in [-0.05, 0) is 18.6 Å². The summed E-state index contributed by atoms with van der Waals surface area (Å²) in [6, 6.07) is 3.77. The monoisotopic (exact) mass is 238 g/mol. The van der Waals surface area contributed by atoms with Crippen LogP contribution in [0.1, 0.15) is 38.4 Å². The Morgan fingerprint density at radius 1 is 1.35 bits per heavy atom. The molecule has 0 saturated carbocycles. The molecule has 0 spiro atoms. The average molecular weight is 238 g/mol. The van der Waals surface area contributed by atoms with Gasteiger partial charge in [-0.2, -0.15) is 0 Å². The molecule has 4 heteroatoms. The second kappa shape index (κ2) is 8.82. The van der Waals surface area contributed by atoms with E-state index in [0.29, 0.717) is 19.5 Å². The molecular weight excluding hydrogens is 216 g/mol. The maximum Gasteiger partial charge on any atom is 0.221 e. The predicted molar refractivity (Wildman–Crippen MR) is 67.6 cm³/mol. The van der Waals surface area contributed by atoms with Crippen molar-refractivity contribution in [3.63, 3.8) is 0 Å². The molecule has 0 aliphatic rings. The molecule has 0 saturated heterocycles. The Hall–Kier alpha value is -1.29. The maximum absolute atomic E-state index is 11.4. The summed E-state index contributed by atoms with van der Waals surface area (Å²) in [5.41, 5.74) is 0. The zero-order chi connectivity index (χ0) is 12.3. The minimum atomic E-state index is 0.119. The lowest BCUT2D eigenvalue weighted by Crippen LogP contribution is -2.28. The minimum absolute atomic E-state index is 0.119. The number of carbonyl (C=O) groups is 1. The van der Waals surface area contributed by atoms with Crippen LogP contribution < -0.4 is 10.6 Å². The van der Waals surface area contributed by atoms with Gasteiger partial charge in [0.2, 0.25) is 5.91 Å². The molecule has 0 fully saturated rings. The van der Waals surface area contributed by atoms with E-state index in [4.69, 9.17) is 4.42 Å². The van der Waals surface area contributed by atoms with E-state index in [0.717, 1.165) is 18.7 Å². The molecule has 4 nitrogen and oxygen atoms in total. The number of hydrogen-bond donors (Lipinski definition) is 2. The number of furan rings is 1. The molecule has 17 heavy (non-hydrogen) atoms. The van der Waals surface area contributed by atoms with Gasteiger partial charge in [-0.3, -0.25) is 4.79 Å². The number of nitrogens with one attached hydrogen (secondary N) is 2. The Morgan fingerprint density at radius 3 is 2.94 bits per heavy atom. The van der Waals surface area contributed by atoms with Crippen molar-refractivity contribution in [2.24, 2.45) is 0 Å². The fourth-order valence-electron chi connectivity index (χ4n) is 1.52. The van der Waals surface area contributed by atoms with E-state index >= 15 is 0 Å². The lowest BCUT2D eigenvalue weighted by atomic mass is 10.2. The van der Waals surface area contributed by atoms with E-state index in [1.54, 1.807) is 6.26 Å². The number of rotatable bonds is 9. The summed E-state index contributed by atoms with van der Waals surface area (Å²) in [7, 11) is 0. The molecular formula is C13H22N2O2. The van der Waals surface area contributed by atoms with Crippen molar-refractivity contribution in [3.05, 3.63) is 24.2 Å². The van der Waals surface area contributed by atoms with Crippen molar-refractivity contribution in [2.75, 3.05) is 13.1 Å². The van der Waals surface area contributed by atoms with Gasteiger partial charge in [-0.1, -0.05) is 19.8 Å². The summed E-state index contributed by atoms with van der Waals surface area (Å²) in [5, 5.41) is 6.07. The molecule has 96 valence electrons. The maximum atomic E-state index is 11.4. The van der Waals surface area contributed by atoms with Crippen LogP contribution in [0.15, 0.2) is 22.8 Å². The number of carbonyl (C=O) groups excluding carboxylic acids is 1. The summed E-state index contributed by atoms with van der Waals surface area (Å²) in [5.74, 6) is 1.02. The van der Waals surface area contributed by atoms with E-state index in [9.17, 15) is 4.79 Å². The first-order chi connectivity index (χ1) is 8.33. The van der Waals surface area contributed by atoms with Crippen LogP contribution in [0.5, 0.6) is 0 Å². The quantitative estimate of drug-likeness (QED) is 0.647. The third kappa shape index (κ3) is 6.79. The van der Waals surface area contributed by atoms with E-state index in [2.05, 4.69) is 17.6 Å². The molecule has 1 heterocycles. The highest BCUT2D eigenvalue weighted by molar-refractivity contribution is 5.75. The third-order valence-corrected chi connectivity index (χ3v) is 2.51. The third-order valence-electron chi connectivity index (χ3n) is 2.51. The SMILES string of the molecule is CCCCCNC(=O)CCNCc1ccco1. The van der Waals surface area contributed by atoms with Crippen molar-refractivity contribution >= 4 is 5.91 Å². The molecule has 0 aliphatic carbocycles. The van der Waals surface area contributed by atoms with Crippen LogP contribution in [-0.4, -0.2) is 19.0 Å². The van der Waals surface area contributed by atoms with E-state index in [1.807, 2.05) is 12.1 Å². The van der Waals surface area contributed by atoms with Crippen molar-refractivity contribution < 1.29 is 9.21 Å². The van der Waals surface area contributed by atoms with Gasteiger partial charge in [-0.25, -0.2) is 0 Å². The highest BCUT2D eigenvalue weighted by Gasteiger charge is 2.00. The largest absolute Gasteiger partial charge is 0.468 e. The summed E-state index contributed by atoms with van der Waals surface area (Å²) >= 11 is 0. The van der Waals surface area contributed by atoms with Gasteiger partial charge in [0.05, 0.1) is 12.8 Å². The normalized spacial score (nSPS) is 10.4. The van der Waals surface area contributed by atoms with Crippen molar-refractivity contribution in [1.82, 2.24) is 10.6 Å². The topological polar surface area (TPSA) is 54.3 Å². The molecule has 1 aromatic rings. The van der Waals surface area contributed by atoms with E-state index < -0.39 is 0 Å². The predicted octanol–water partition coefficient (Wildman–Crippen LogP) is 2.07. The standard InChI is InChI=1S/C13H22N2O2/c1-2-3-4-8-15-13(16)7-9-14-11-12-6-5-10-17-12/h5-6,10,14H,2-4,7-9,11H2,1H3,(H,15,16). The van der Waals surface area contributed by atoms with Gasteiger partial charge in [0.25, 0.3) is 0 Å². The molecule has 0 bridgehead atoms. The molecule has 0 unspecified atom stereocenters. The first kappa shape index (κ1) is 13.8. The Balaban J connectivity index is 1.93. The van der Waals surface area contributed by atoms with E-state index in [1.165, 1.54) is 12.8 Å². The lowest BCUT2D eigenvalue weighted by molar-refractivity contribution is -0.121. The van der Waals surface area contributed by atoms with Gasteiger partial charge in [0.1, 0.15) is 5.76 Å². The Bertz CT molecular complexity index is 296. The van der Waals surface area contributed by atoms with Crippen LogP contribution >= 0.6 is 0 Å². The first-order valence-corrected chi connectivity index (χ1v) is 6.32. The number of hydrogen-bond acceptors (Lipinski definition) is 3. The summed E-state index contributed by atoms with van der Waals surface area (Å²) in [4.78, 5) is 11.4. The first-order valence-electron chi connectivity index (χ1n) is 6.32. The molecule has 0 atom stereocenters. The van der Waals surface area contributed by atoms with Crippen LogP contribution in [0.25, 0.3) is 0 Å². The van der Waals surface area contributed by atoms with Crippen LogP contribution in [-0.2, 0) is 11.3 Å². The Morgan fingerprint density at radius 2 is 2.24 bits per heavy atom. The number of amides is 1. The Kier molecular flexibility index (Phi) is 7.14. The molecule has 0 aromatic carbocycles. The molecule has 1 aromatic heterocycles. The van der Waals surface area contributed by atoms with Crippen LogP contribution in [0.3, 0.4) is 0 Å². The molecule has 1 rings (SSSR count). The van der Waals surface area contributed by atoms with Gasteiger partial charge in [-0.15, -0.1) is 0 Å². The highest BCUT2D eigenvalue weighted by Crippen LogP contribution is 1.98.